The van der Waals surface area contributed by atoms with Crippen LogP contribution in [0.1, 0.15) is 12.5 Å². The van der Waals surface area contributed by atoms with Crippen LogP contribution < -0.4 is 4.72 Å². The summed E-state index contributed by atoms with van der Waals surface area (Å²) in [6, 6.07) is 9.65. The van der Waals surface area contributed by atoms with Crippen molar-refractivity contribution < 1.29 is 8.42 Å². The minimum atomic E-state index is -3.53. The van der Waals surface area contributed by atoms with Crippen LogP contribution in [0.2, 0.25) is 0 Å². The summed E-state index contributed by atoms with van der Waals surface area (Å²) in [5, 5.41) is 0. The molecule has 0 unspecified atom stereocenters. The van der Waals surface area contributed by atoms with Crippen molar-refractivity contribution in [1.29, 1.82) is 0 Å². The Bertz CT molecular complexity index is 545. The van der Waals surface area contributed by atoms with Gasteiger partial charge in [0.15, 0.2) is 0 Å². The van der Waals surface area contributed by atoms with Gasteiger partial charge in [-0.2, -0.15) is 8.42 Å². The highest BCUT2D eigenvalue weighted by Crippen LogP contribution is 2.09. The van der Waals surface area contributed by atoms with Gasteiger partial charge in [-0.05, 0) is 18.6 Å². The second-order valence-electron chi connectivity index (χ2n) is 3.65. The molecule has 1 N–H and O–H groups in total. The van der Waals surface area contributed by atoms with Crippen molar-refractivity contribution in [3.8, 4) is 0 Å². The van der Waals surface area contributed by atoms with E-state index < -0.39 is 10.2 Å². The molecule has 4 nitrogen and oxygen atoms in total. The monoisotopic (exact) mass is 236 g/mol. The topological polar surface area (TPSA) is 58.5 Å². The van der Waals surface area contributed by atoms with E-state index in [1.165, 1.54) is 0 Å². The molecule has 0 fully saturated rings. The molecule has 16 heavy (non-hydrogen) atoms. The first-order valence-corrected chi connectivity index (χ1v) is 6.33. The largest absolute Gasteiger partial charge is 0.342 e. The van der Waals surface area contributed by atoms with Crippen molar-refractivity contribution in [2.24, 2.45) is 4.40 Å². The number of nitrogens with one attached hydrogen (secondary N) is 1. The Morgan fingerprint density at radius 3 is 2.56 bits per heavy atom. The molecule has 0 amide bonds. The van der Waals surface area contributed by atoms with Gasteiger partial charge in [0.05, 0.1) is 5.71 Å². The fourth-order valence-electron chi connectivity index (χ4n) is 1.57. The Balaban J connectivity index is 2.26. The first kappa shape index (κ1) is 10.9. The van der Waals surface area contributed by atoms with Crippen LogP contribution in [0.25, 0.3) is 0 Å². The van der Waals surface area contributed by atoms with Crippen LogP contribution in [-0.2, 0) is 16.6 Å². The Kier molecular flexibility index (Phi) is 2.78. The van der Waals surface area contributed by atoms with Gasteiger partial charge < -0.3 is 0 Å². The predicted molar refractivity (Wildman–Crippen MR) is 63.4 cm³/mol. The normalized spacial score (nSPS) is 18.3. The van der Waals surface area contributed by atoms with Gasteiger partial charge in [0.25, 0.3) is 0 Å². The molecule has 0 radical (unpaired) electrons. The maximum Gasteiger partial charge on any atom is 0.342 e. The molecule has 2 rings (SSSR count). The lowest BCUT2D eigenvalue weighted by Crippen LogP contribution is -2.25. The third-order valence-electron chi connectivity index (χ3n) is 2.14. The highest BCUT2D eigenvalue weighted by molar-refractivity contribution is 7.88. The number of hydrogen-bond acceptors (Lipinski definition) is 2. The summed E-state index contributed by atoms with van der Waals surface area (Å²) in [7, 11) is -3.53. The summed E-state index contributed by atoms with van der Waals surface area (Å²) < 4.78 is 28.6. The number of nitrogens with zero attached hydrogens (tertiary/aromatic N) is 1. The molecule has 0 aliphatic carbocycles. The van der Waals surface area contributed by atoms with Gasteiger partial charge >= 0.3 is 10.2 Å². The van der Waals surface area contributed by atoms with Crippen molar-refractivity contribution in [3.05, 3.63) is 47.7 Å². The lowest BCUT2D eigenvalue weighted by Gasteiger charge is -2.12. The zero-order chi connectivity index (χ0) is 11.6. The third-order valence-corrected chi connectivity index (χ3v) is 3.19. The van der Waals surface area contributed by atoms with E-state index in [0.717, 1.165) is 5.56 Å². The van der Waals surface area contributed by atoms with Crippen LogP contribution in [0.5, 0.6) is 0 Å². The average molecular weight is 236 g/mol. The van der Waals surface area contributed by atoms with E-state index in [2.05, 4.69) is 9.12 Å². The lowest BCUT2D eigenvalue weighted by molar-refractivity contribution is 0.590. The van der Waals surface area contributed by atoms with Crippen LogP contribution in [-0.4, -0.2) is 14.1 Å². The fourth-order valence-corrected chi connectivity index (χ4v) is 2.51. The van der Waals surface area contributed by atoms with Crippen LogP contribution in [0.15, 0.2) is 46.5 Å². The summed E-state index contributed by atoms with van der Waals surface area (Å²) in [4.78, 5) is 0. The van der Waals surface area contributed by atoms with Crippen molar-refractivity contribution in [3.63, 3.8) is 0 Å². The summed E-state index contributed by atoms with van der Waals surface area (Å²) in [6.45, 7) is 1.71. The molecule has 84 valence electrons. The Labute approximate surface area is 94.9 Å². The third kappa shape index (κ3) is 2.70. The standard InChI is InChI=1S/C11H12N2O2S/c1-9-7-11(13-16(14,15)12-9)8-10-5-3-2-4-6-10/h2-7,12H,8H2,1H3. The van der Waals surface area contributed by atoms with Gasteiger partial charge in [0.2, 0.25) is 0 Å². The molecule has 1 aliphatic rings. The molecule has 1 aliphatic heterocycles. The predicted octanol–water partition coefficient (Wildman–Crippen LogP) is 1.42. The van der Waals surface area contributed by atoms with Crippen LogP contribution >= 0.6 is 0 Å². The van der Waals surface area contributed by atoms with E-state index in [1.54, 1.807) is 13.0 Å². The van der Waals surface area contributed by atoms with Crippen molar-refractivity contribution in [2.45, 2.75) is 13.3 Å². The van der Waals surface area contributed by atoms with E-state index in [0.29, 0.717) is 17.8 Å². The second kappa shape index (κ2) is 4.09. The summed E-state index contributed by atoms with van der Waals surface area (Å²) in [6.07, 6.45) is 2.27. The summed E-state index contributed by atoms with van der Waals surface area (Å²) in [5.41, 5.74) is 2.20. The van der Waals surface area contributed by atoms with Crippen molar-refractivity contribution in [2.75, 3.05) is 0 Å². The molecule has 5 heteroatoms. The Morgan fingerprint density at radius 2 is 1.94 bits per heavy atom. The Morgan fingerprint density at radius 1 is 1.25 bits per heavy atom. The van der Waals surface area contributed by atoms with E-state index in [1.807, 2.05) is 30.3 Å². The average Bonchev–Trinajstić information content (AvgIpc) is 2.15. The highest BCUT2D eigenvalue weighted by atomic mass is 32.2. The first-order valence-electron chi connectivity index (χ1n) is 4.89. The minimum Gasteiger partial charge on any atom is -0.269 e. The molecule has 0 saturated heterocycles. The Hall–Kier alpha value is -1.62. The summed E-state index contributed by atoms with van der Waals surface area (Å²) >= 11 is 0. The quantitative estimate of drug-likeness (QED) is 0.844. The molecule has 1 aromatic rings. The maximum atomic E-state index is 11.3. The first-order chi connectivity index (χ1) is 7.55. The highest BCUT2D eigenvalue weighted by Gasteiger charge is 2.15. The van der Waals surface area contributed by atoms with Crippen LogP contribution in [0, 0.1) is 0 Å². The maximum absolute atomic E-state index is 11.3. The second-order valence-corrected chi connectivity index (χ2v) is 4.99. The minimum absolute atomic E-state index is 0.527. The van der Waals surface area contributed by atoms with Crippen LogP contribution in [0.4, 0.5) is 0 Å². The molecule has 0 saturated carbocycles. The van der Waals surface area contributed by atoms with Gasteiger partial charge in [-0.1, -0.05) is 30.3 Å². The van der Waals surface area contributed by atoms with Gasteiger partial charge in [0.1, 0.15) is 0 Å². The molecule has 0 bridgehead atoms. The van der Waals surface area contributed by atoms with Crippen molar-refractivity contribution >= 4 is 15.9 Å². The summed E-state index contributed by atoms with van der Waals surface area (Å²) in [5.74, 6) is 0. The van der Waals surface area contributed by atoms with Gasteiger partial charge in [-0.25, -0.2) is 0 Å². The van der Waals surface area contributed by atoms with Gasteiger partial charge in [-0.15, -0.1) is 4.40 Å². The molecule has 1 aromatic carbocycles. The van der Waals surface area contributed by atoms with E-state index >= 15 is 0 Å². The van der Waals surface area contributed by atoms with E-state index in [9.17, 15) is 8.42 Å². The number of allylic oxidation sites excluding steroid dienone is 2. The molecule has 0 atom stereocenters. The molecule has 0 aromatic heterocycles. The molecule has 1 heterocycles. The smallest absolute Gasteiger partial charge is 0.269 e. The number of benzene rings is 1. The fraction of sp³-hybridized carbons (Fsp3) is 0.182. The number of rotatable bonds is 2. The molecule has 0 spiro atoms. The van der Waals surface area contributed by atoms with Crippen molar-refractivity contribution in [1.82, 2.24) is 4.72 Å². The zero-order valence-corrected chi connectivity index (χ0v) is 9.66. The van der Waals surface area contributed by atoms with Gasteiger partial charge in [-0.3, -0.25) is 4.72 Å². The zero-order valence-electron chi connectivity index (χ0n) is 8.84. The molecular formula is C11H12N2O2S. The lowest BCUT2D eigenvalue weighted by atomic mass is 10.1. The SMILES string of the molecule is CC1=CC(Cc2ccccc2)=NS(=O)(=O)N1. The number of hydrogen-bond donors (Lipinski definition) is 1. The van der Waals surface area contributed by atoms with Gasteiger partial charge in [0, 0.05) is 12.1 Å². The van der Waals surface area contributed by atoms with E-state index in [4.69, 9.17) is 0 Å². The molecular weight excluding hydrogens is 224 g/mol. The van der Waals surface area contributed by atoms with Crippen LogP contribution in [0.3, 0.4) is 0 Å². The van der Waals surface area contributed by atoms with E-state index in [-0.39, 0.29) is 0 Å².